The fourth-order valence-electron chi connectivity index (χ4n) is 2.58. The first kappa shape index (κ1) is 12.0. The molecule has 14 heavy (non-hydrogen) atoms. The molecule has 1 fully saturated rings. The van der Waals surface area contributed by atoms with Crippen LogP contribution in [0.1, 0.15) is 52.9 Å². The molecule has 0 radical (unpaired) electrons. The van der Waals surface area contributed by atoms with E-state index < -0.39 is 0 Å². The minimum Gasteiger partial charge on any atom is -0.394 e. The maximum atomic E-state index is 9.38. The quantitative estimate of drug-likeness (QED) is 0.712. The molecule has 2 heteroatoms. The summed E-state index contributed by atoms with van der Waals surface area (Å²) in [5.41, 5.74) is -0.0521. The lowest BCUT2D eigenvalue weighted by molar-refractivity contribution is 0.151. The molecular formula is C12H25NO. The Labute approximate surface area is 88.1 Å². The van der Waals surface area contributed by atoms with Crippen molar-refractivity contribution in [2.45, 2.75) is 64.5 Å². The van der Waals surface area contributed by atoms with Crippen LogP contribution in [0.4, 0.5) is 0 Å². The van der Waals surface area contributed by atoms with Crippen molar-refractivity contribution in [1.29, 1.82) is 0 Å². The topological polar surface area (TPSA) is 32.3 Å². The molecule has 3 atom stereocenters. The smallest absolute Gasteiger partial charge is 0.0610 e. The molecular weight excluding hydrogens is 174 g/mol. The number of aliphatic hydroxyl groups excluding tert-OH is 1. The molecule has 1 aliphatic rings. The van der Waals surface area contributed by atoms with Crippen molar-refractivity contribution >= 4 is 0 Å². The average molecular weight is 199 g/mol. The highest BCUT2D eigenvalue weighted by Crippen LogP contribution is 2.27. The summed E-state index contributed by atoms with van der Waals surface area (Å²) in [7, 11) is 0. The SMILES string of the molecule is CCCC(C)(CO)NC1CCC(C)C1. The Morgan fingerprint density at radius 2 is 2.14 bits per heavy atom. The van der Waals surface area contributed by atoms with Crippen molar-refractivity contribution in [3.05, 3.63) is 0 Å². The van der Waals surface area contributed by atoms with E-state index in [0.717, 1.165) is 18.8 Å². The molecule has 0 aromatic heterocycles. The Hall–Kier alpha value is -0.0800. The van der Waals surface area contributed by atoms with Crippen molar-refractivity contribution in [2.75, 3.05) is 6.61 Å². The van der Waals surface area contributed by atoms with Crippen LogP contribution in [-0.2, 0) is 0 Å². The van der Waals surface area contributed by atoms with E-state index in [1.807, 2.05) is 0 Å². The second-order valence-electron chi connectivity index (χ2n) is 5.23. The lowest BCUT2D eigenvalue weighted by Crippen LogP contribution is -2.50. The van der Waals surface area contributed by atoms with Crippen molar-refractivity contribution in [1.82, 2.24) is 5.32 Å². The van der Waals surface area contributed by atoms with E-state index in [9.17, 15) is 5.11 Å². The lowest BCUT2D eigenvalue weighted by atomic mass is 9.95. The molecule has 0 heterocycles. The molecule has 0 spiro atoms. The van der Waals surface area contributed by atoms with E-state index in [0.29, 0.717) is 6.04 Å². The van der Waals surface area contributed by atoms with Gasteiger partial charge in [0.15, 0.2) is 0 Å². The Kier molecular flexibility index (Phi) is 4.39. The fourth-order valence-corrected chi connectivity index (χ4v) is 2.58. The molecule has 0 saturated heterocycles. The summed E-state index contributed by atoms with van der Waals surface area (Å²) in [6.07, 6.45) is 6.09. The number of aliphatic hydroxyl groups is 1. The van der Waals surface area contributed by atoms with E-state index in [1.165, 1.54) is 19.3 Å². The third-order valence-electron chi connectivity index (χ3n) is 3.40. The van der Waals surface area contributed by atoms with E-state index in [1.54, 1.807) is 0 Å². The zero-order valence-corrected chi connectivity index (χ0v) is 9.84. The highest BCUT2D eigenvalue weighted by molar-refractivity contribution is 4.89. The van der Waals surface area contributed by atoms with Crippen LogP contribution in [0.25, 0.3) is 0 Å². The van der Waals surface area contributed by atoms with Gasteiger partial charge in [0.25, 0.3) is 0 Å². The molecule has 2 nitrogen and oxygen atoms in total. The van der Waals surface area contributed by atoms with Crippen LogP contribution in [0.5, 0.6) is 0 Å². The van der Waals surface area contributed by atoms with E-state index in [2.05, 4.69) is 26.1 Å². The van der Waals surface area contributed by atoms with Gasteiger partial charge >= 0.3 is 0 Å². The van der Waals surface area contributed by atoms with E-state index in [-0.39, 0.29) is 12.1 Å². The predicted octanol–water partition coefficient (Wildman–Crippen LogP) is 2.32. The van der Waals surface area contributed by atoms with Gasteiger partial charge in [0.2, 0.25) is 0 Å². The highest BCUT2D eigenvalue weighted by Gasteiger charge is 2.29. The van der Waals surface area contributed by atoms with Crippen LogP contribution in [0, 0.1) is 5.92 Å². The molecule has 0 aliphatic heterocycles. The number of hydrogen-bond donors (Lipinski definition) is 2. The minimum absolute atomic E-state index is 0.0521. The third-order valence-corrected chi connectivity index (χ3v) is 3.40. The van der Waals surface area contributed by atoms with Gasteiger partial charge < -0.3 is 10.4 Å². The first-order valence-corrected chi connectivity index (χ1v) is 5.98. The Balaban J connectivity index is 2.39. The van der Waals surface area contributed by atoms with Gasteiger partial charge in [-0.3, -0.25) is 0 Å². The largest absolute Gasteiger partial charge is 0.394 e. The summed E-state index contributed by atoms with van der Waals surface area (Å²) >= 11 is 0. The van der Waals surface area contributed by atoms with Gasteiger partial charge in [-0.05, 0) is 38.5 Å². The maximum absolute atomic E-state index is 9.38. The molecule has 0 aromatic carbocycles. The second kappa shape index (κ2) is 5.13. The number of nitrogens with one attached hydrogen (secondary N) is 1. The standard InChI is InChI=1S/C12H25NO/c1-4-7-12(3,9-14)13-11-6-5-10(2)8-11/h10-11,13-14H,4-9H2,1-3H3. The molecule has 0 amide bonds. The third kappa shape index (κ3) is 3.25. The summed E-state index contributed by atoms with van der Waals surface area (Å²) < 4.78 is 0. The second-order valence-corrected chi connectivity index (χ2v) is 5.23. The average Bonchev–Trinajstić information content (AvgIpc) is 2.51. The molecule has 2 N–H and O–H groups in total. The van der Waals surface area contributed by atoms with Crippen LogP contribution in [0.3, 0.4) is 0 Å². The molecule has 1 aliphatic carbocycles. The first-order chi connectivity index (χ1) is 6.59. The molecule has 3 unspecified atom stereocenters. The zero-order chi connectivity index (χ0) is 10.6. The molecule has 1 saturated carbocycles. The minimum atomic E-state index is -0.0521. The van der Waals surface area contributed by atoms with Crippen LogP contribution < -0.4 is 5.32 Å². The zero-order valence-electron chi connectivity index (χ0n) is 9.84. The Bertz CT molecular complexity index is 172. The summed E-state index contributed by atoms with van der Waals surface area (Å²) in [5, 5.41) is 13.0. The summed E-state index contributed by atoms with van der Waals surface area (Å²) in [6.45, 7) is 6.88. The van der Waals surface area contributed by atoms with Gasteiger partial charge in [0, 0.05) is 11.6 Å². The number of rotatable bonds is 5. The fraction of sp³-hybridized carbons (Fsp3) is 1.00. The molecule has 84 valence electrons. The van der Waals surface area contributed by atoms with Crippen molar-refractivity contribution < 1.29 is 5.11 Å². The summed E-state index contributed by atoms with van der Waals surface area (Å²) in [6, 6.07) is 0.633. The predicted molar refractivity (Wildman–Crippen MR) is 60.3 cm³/mol. The molecule has 0 aromatic rings. The van der Waals surface area contributed by atoms with Gasteiger partial charge in [0.05, 0.1) is 6.61 Å². The summed E-state index contributed by atoms with van der Waals surface area (Å²) in [4.78, 5) is 0. The van der Waals surface area contributed by atoms with E-state index in [4.69, 9.17) is 0 Å². The van der Waals surface area contributed by atoms with Crippen LogP contribution in [0.15, 0.2) is 0 Å². The van der Waals surface area contributed by atoms with Gasteiger partial charge in [-0.1, -0.05) is 20.3 Å². The van der Waals surface area contributed by atoms with Crippen molar-refractivity contribution in [3.63, 3.8) is 0 Å². The Morgan fingerprint density at radius 1 is 1.43 bits per heavy atom. The first-order valence-electron chi connectivity index (χ1n) is 5.98. The van der Waals surface area contributed by atoms with Gasteiger partial charge in [-0.15, -0.1) is 0 Å². The van der Waals surface area contributed by atoms with Crippen molar-refractivity contribution in [3.8, 4) is 0 Å². The lowest BCUT2D eigenvalue weighted by Gasteiger charge is -2.32. The Morgan fingerprint density at radius 3 is 2.57 bits per heavy atom. The normalized spacial score (nSPS) is 31.7. The van der Waals surface area contributed by atoms with Crippen LogP contribution in [-0.4, -0.2) is 23.3 Å². The van der Waals surface area contributed by atoms with Crippen LogP contribution in [0.2, 0.25) is 0 Å². The monoisotopic (exact) mass is 199 g/mol. The van der Waals surface area contributed by atoms with Crippen molar-refractivity contribution in [2.24, 2.45) is 5.92 Å². The highest BCUT2D eigenvalue weighted by atomic mass is 16.3. The molecule has 0 bridgehead atoms. The number of hydrogen-bond acceptors (Lipinski definition) is 2. The van der Waals surface area contributed by atoms with Gasteiger partial charge in [0.1, 0.15) is 0 Å². The van der Waals surface area contributed by atoms with Crippen LogP contribution >= 0.6 is 0 Å². The maximum Gasteiger partial charge on any atom is 0.0610 e. The van der Waals surface area contributed by atoms with E-state index >= 15 is 0 Å². The summed E-state index contributed by atoms with van der Waals surface area (Å²) in [5.74, 6) is 0.858. The molecule has 1 rings (SSSR count). The van der Waals surface area contributed by atoms with Gasteiger partial charge in [-0.25, -0.2) is 0 Å². The van der Waals surface area contributed by atoms with Gasteiger partial charge in [-0.2, -0.15) is 0 Å².